The third-order valence-electron chi connectivity index (χ3n) is 2.92. The molecular weight excluding hydrogens is 228 g/mol. The second-order valence-corrected chi connectivity index (χ2v) is 4.04. The van der Waals surface area contributed by atoms with Crippen molar-refractivity contribution >= 4 is 0 Å². The lowest BCUT2D eigenvalue weighted by Gasteiger charge is -2.08. The van der Waals surface area contributed by atoms with Gasteiger partial charge in [0.2, 0.25) is 0 Å². The molecule has 0 aliphatic heterocycles. The van der Waals surface area contributed by atoms with E-state index in [-0.39, 0.29) is 5.69 Å². The lowest BCUT2D eigenvalue weighted by molar-refractivity contribution is 0.415. The minimum Gasteiger partial charge on any atom is -0.497 e. The SMILES string of the molecule is CCn1c(C)cc(-c2ccc(OC)cc2)nc1=O. The maximum Gasteiger partial charge on any atom is 0.348 e. The molecule has 0 unspecified atom stereocenters. The van der Waals surface area contributed by atoms with Crippen molar-refractivity contribution in [2.75, 3.05) is 7.11 Å². The molecule has 2 aromatic rings. The summed E-state index contributed by atoms with van der Waals surface area (Å²) in [5.74, 6) is 0.789. The van der Waals surface area contributed by atoms with Crippen molar-refractivity contribution in [1.82, 2.24) is 9.55 Å². The number of ether oxygens (including phenoxy) is 1. The van der Waals surface area contributed by atoms with E-state index in [1.807, 2.05) is 44.2 Å². The minimum atomic E-state index is -0.205. The van der Waals surface area contributed by atoms with Gasteiger partial charge in [-0.1, -0.05) is 0 Å². The van der Waals surface area contributed by atoms with Crippen molar-refractivity contribution in [3.05, 3.63) is 46.5 Å². The van der Waals surface area contributed by atoms with E-state index in [0.717, 1.165) is 17.0 Å². The average Bonchev–Trinajstić information content (AvgIpc) is 2.38. The van der Waals surface area contributed by atoms with E-state index in [1.165, 1.54) is 0 Å². The number of aromatic nitrogens is 2. The number of methoxy groups -OCH3 is 1. The van der Waals surface area contributed by atoms with Crippen molar-refractivity contribution in [2.45, 2.75) is 20.4 Å². The first-order valence-electron chi connectivity index (χ1n) is 5.88. The first kappa shape index (κ1) is 12.4. The second-order valence-electron chi connectivity index (χ2n) is 4.04. The summed E-state index contributed by atoms with van der Waals surface area (Å²) >= 11 is 0. The topological polar surface area (TPSA) is 44.1 Å². The summed E-state index contributed by atoms with van der Waals surface area (Å²) in [6.07, 6.45) is 0. The molecule has 2 rings (SSSR count). The van der Waals surface area contributed by atoms with E-state index in [1.54, 1.807) is 11.7 Å². The molecule has 4 heteroatoms. The van der Waals surface area contributed by atoms with Gasteiger partial charge in [-0.3, -0.25) is 4.57 Å². The quantitative estimate of drug-likeness (QED) is 0.831. The Morgan fingerprint density at radius 1 is 1.28 bits per heavy atom. The van der Waals surface area contributed by atoms with Crippen molar-refractivity contribution in [2.24, 2.45) is 0 Å². The van der Waals surface area contributed by atoms with Gasteiger partial charge in [0, 0.05) is 17.8 Å². The molecule has 0 N–H and O–H groups in total. The van der Waals surface area contributed by atoms with Gasteiger partial charge >= 0.3 is 5.69 Å². The molecule has 18 heavy (non-hydrogen) atoms. The molecule has 0 aliphatic carbocycles. The lowest BCUT2D eigenvalue weighted by Crippen LogP contribution is -2.24. The molecule has 0 bridgehead atoms. The smallest absolute Gasteiger partial charge is 0.348 e. The van der Waals surface area contributed by atoms with Crippen LogP contribution in [0.4, 0.5) is 0 Å². The Hall–Kier alpha value is -2.10. The van der Waals surface area contributed by atoms with E-state index in [4.69, 9.17) is 4.74 Å². The highest BCUT2D eigenvalue weighted by molar-refractivity contribution is 5.60. The van der Waals surface area contributed by atoms with Crippen molar-refractivity contribution in [3.8, 4) is 17.0 Å². The molecule has 0 radical (unpaired) electrons. The van der Waals surface area contributed by atoms with Crippen LogP contribution in [0.3, 0.4) is 0 Å². The van der Waals surface area contributed by atoms with Gasteiger partial charge in [0.1, 0.15) is 5.75 Å². The summed E-state index contributed by atoms with van der Waals surface area (Å²) in [7, 11) is 1.62. The Labute approximate surface area is 106 Å². The maximum absolute atomic E-state index is 11.8. The van der Waals surface area contributed by atoms with Crippen LogP contribution in [0.1, 0.15) is 12.6 Å². The molecule has 4 nitrogen and oxygen atoms in total. The number of benzene rings is 1. The van der Waals surface area contributed by atoms with E-state index < -0.39 is 0 Å². The zero-order valence-electron chi connectivity index (χ0n) is 10.8. The Morgan fingerprint density at radius 3 is 2.44 bits per heavy atom. The van der Waals surface area contributed by atoms with Crippen molar-refractivity contribution in [1.29, 1.82) is 0 Å². The first-order chi connectivity index (χ1) is 8.65. The van der Waals surface area contributed by atoms with Gasteiger partial charge in [0.05, 0.1) is 12.8 Å². The van der Waals surface area contributed by atoms with E-state index in [2.05, 4.69) is 4.98 Å². The summed E-state index contributed by atoms with van der Waals surface area (Å²) < 4.78 is 6.75. The van der Waals surface area contributed by atoms with Crippen LogP contribution in [0.15, 0.2) is 35.1 Å². The van der Waals surface area contributed by atoms with Crippen LogP contribution < -0.4 is 10.4 Å². The number of aryl methyl sites for hydroxylation is 1. The Balaban J connectivity index is 2.47. The van der Waals surface area contributed by atoms with Crippen LogP contribution >= 0.6 is 0 Å². The Morgan fingerprint density at radius 2 is 1.94 bits per heavy atom. The molecule has 0 saturated heterocycles. The predicted molar refractivity (Wildman–Crippen MR) is 70.9 cm³/mol. The van der Waals surface area contributed by atoms with Gasteiger partial charge < -0.3 is 4.74 Å². The minimum absolute atomic E-state index is 0.205. The Bertz CT molecular complexity index is 600. The fourth-order valence-electron chi connectivity index (χ4n) is 1.92. The van der Waals surface area contributed by atoms with Gasteiger partial charge in [-0.05, 0) is 44.2 Å². The largest absolute Gasteiger partial charge is 0.497 e. The van der Waals surface area contributed by atoms with Crippen LogP contribution in [-0.4, -0.2) is 16.7 Å². The van der Waals surface area contributed by atoms with Crippen LogP contribution in [0, 0.1) is 6.92 Å². The molecule has 1 aromatic heterocycles. The van der Waals surface area contributed by atoms with E-state index >= 15 is 0 Å². The van der Waals surface area contributed by atoms with E-state index in [0.29, 0.717) is 12.2 Å². The molecule has 0 fully saturated rings. The molecule has 1 aromatic carbocycles. The zero-order valence-corrected chi connectivity index (χ0v) is 10.8. The number of hydrogen-bond acceptors (Lipinski definition) is 3. The number of rotatable bonds is 3. The second kappa shape index (κ2) is 5.04. The lowest BCUT2D eigenvalue weighted by atomic mass is 10.1. The molecule has 0 atom stereocenters. The molecule has 0 spiro atoms. The van der Waals surface area contributed by atoms with Crippen LogP contribution in [-0.2, 0) is 6.54 Å². The highest BCUT2D eigenvalue weighted by atomic mass is 16.5. The maximum atomic E-state index is 11.8. The van der Waals surface area contributed by atoms with Gasteiger partial charge in [0.15, 0.2) is 0 Å². The van der Waals surface area contributed by atoms with Gasteiger partial charge in [0.25, 0.3) is 0 Å². The number of hydrogen-bond donors (Lipinski definition) is 0. The molecule has 0 saturated carbocycles. The average molecular weight is 244 g/mol. The van der Waals surface area contributed by atoms with Crippen LogP contribution in [0.5, 0.6) is 5.75 Å². The van der Waals surface area contributed by atoms with Crippen molar-refractivity contribution in [3.63, 3.8) is 0 Å². The molecule has 94 valence electrons. The summed E-state index contributed by atoms with van der Waals surface area (Å²) in [6, 6.07) is 9.44. The van der Waals surface area contributed by atoms with E-state index in [9.17, 15) is 4.79 Å². The molecular formula is C14H16N2O2. The third-order valence-corrected chi connectivity index (χ3v) is 2.92. The summed E-state index contributed by atoms with van der Waals surface area (Å²) in [4.78, 5) is 15.9. The van der Waals surface area contributed by atoms with Crippen LogP contribution in [0.2, 0.25) is 0 Å². The normalized spacial score (nSPS) is 10.4. The molecule has 1 heterocycles. The third kappa shape index (κ3) is 2.27. The number of nitrogens with zero attached hydrogens (tertiary/aromatic N) is 2. The highest BCUT2D eigenvalue weighted by Gasteiger charge is 2.05. The first-order valence-corrected chi connectivity index (χ1v) is 5.88. The zero-order chi connectivity index (χ0) is 13.1. The summed E-state index contributed by atoms with van der Waals surface area (Å²) in [5.41, 5.74) is 2.33. The summed E-state index contributed by atoms with van der Waals surface area (Å²) in [6.45, 7) is 4.49. The monoisotopic (exact) mass is 244 g/mol. The molecule has 0 aliphatic rings. The van der Waals surface area contributed by atoms with Gasteiger partial charge in [-0.25, -0.2) is 4.79 Å². The van der Waals surface area contributed by atoms with Gasteiger partial charge in [-0.15, -0.1) is 0 Å². The fourth-order valence-corrected chi connectivity index (χ4v) is 1.92. The van der Waals surface area contributed by atoms with Gasteiger partial charge in [-0.2, -0.15) is 4.98 Å². The fraction of sp³-hybridized carbons (Fsp3) is 0.286. The Kier molecular flexibility index (Phi) is 3.46. The van der Waals surface area contributed by atoms with Crippen LogP contribution in [0.25, 0.3) is 11.3 Å². The van der Waals surface area contributed by atoms with Crippen molar-refractivity contribution < 1.29 is 4.74 Å². The standard InChI is InChI=1S/C14H16N2O2/c1-4-16-10(2)9-13(15-14(16)17)11-5-7-12(18-3)8-6-11/h5-9H,4H2,1-3H3. The molecule has 0 amide bonds. The predicted octanol–water partition coefficient (Wildman–Crippen LogP) is 2.25. The summed E-state index contributed by atoms with van der Waals surface area (Å²) in [5, 5.41) is 0. The highest BCUT2D eigenvalue weighted by Crippen LogP contribution is 2.20.